The fraction of sp³-hybridized carbons (Fsp3) is 0.692. The molecular weight excluding hydrogens is 318 g/mol. The molecule has 0 aliphatic heterocycles. The lowest BCUT2D eigenvalue weighted by Crippen LogP contribution is -2.33. The Hall–Kier alpha value is 0.430. The molecule has 1 N–H and O–H groups in total. The summed E-state index contributed by atoms with van der Waals surface area (Å²) in [6, 6.07) is 2.80. The van der Waals surface area contributed by atoms with Crippen molar-refractivity contribution in [1.29, 1.82) is 0 Å². The second-order valence-electron chi connectivity index (χ2n) is 4.94. The maximum absolute atomic E-state index is 6.05. The summed E-state index contributed by atoms with van der Waals surface area (Å²) in [5.74, 6) is 0.802. The Kier molecular flexibility index (Phi) is 5.34. The zero-order valence-corrected chi connectivity index (χ0v) is 13.3. The lowest BCUT2D eigenvalue weighted by atomic mass is 9.97. The van der Waals surface area contributed by atoms with Gasteiger partial charge in [0.2, 0.25) is 0 Å². The smallest absolute Gasteiger partial charge is 0.107 e. The van der Waals surface area contributed by atoms with Crippen molar-refractivity contribution < 1.29 is 0 Å². The highest BCUT2D eigenvalue weighted by Crippen LogP contribution is 2.32. The summed E-state index contributed by atoms with van der Waals surface area (Å²) in [4.78, 5) is 1.32. The minimum Gasteiger partial charge on any atom is -0.309 e. The second kappa shape index (κ2) is 6.55. The Labute approximate surface area is 121 Å². The molecule has 1 aromatic rings. The van der Waals surface area contributed by atoms with E-state index in [2.05, 4.69) is 34.2 Å². The van der Waals surface area contributed by atoms with Gasteiger partial charge in [0.15, 0.2) is 0 Å². The van der Waals surface area contributed by atoms with Crippen molar-refractivity contribution in [3.63, 3.8) is 0 Å². The molecule has 1 nitrogen and oxygen atoms in total. The molecule has 0 aromatic carbocycles. The Morgan fingerprint density at radius 2 is 2.18 bits per heavy atom. The van der Waals surface area contributed by atoms with E-state index in [9.17, 15) is 0 Å². The summed E-state index contributed by atoms with van der Waals surface area (Å²) < 4.78 is 1.88. The molecule has 2 atom stereocenters. The van der Waals surface area contributed by atoms with Crippen molar-refractivity contribution >= 4 is 38.9 Å². The Balaban J connectivity index is 1.88. The molecule has 17 heavy (non-hydrogen) atoms. The first-order valence-corrected chi connectivity index (χ1v) is 8.32. The molecule has 0 bridgehead atoms. The van der Waals surface area contributed by atoms with Crippen LogP contribution in [0.25, 0.3) is 0 Å². The molecule has 0 radical (unpaired) electrons. The van der Waals surface area contributed by atoms with Crippen molar-refractivity contribution in [3.8, 4) is 0 Å². The van der Waals surface area contributed by atoms with E-state index in [1.54, 1.807) is 11.3 Å². The largest absolute Gasteiger partial charge is 0.309 e. The van der Waals surface area contributed by atoms with Crippen LogP contribution in [0.15, 0.2) is 10.5 Å². The lowest BCUT2D eigenvalue weighted by Gasteiger charge is -2.22. The van der Waals surface area contributed by atoms with Gasteiger partial charge in [-0.25, -0.2) is 0 Å². The summed E-state index contributed by atoms with van der Waals surface area (Å²) in [6.07, 6.45) is 6.86. The molecule has 4 heteroatoms. The number of rotatable bonds is 3. The van der Waals surface area contributed by atoms with Crippen molar-refractivity contribution in [2.45, 2.75) is 51.6 Å². The molecule has 1 aromatic heterocycles. The zero-order valence-electron chi connectivity index (χ0n) is 10.1. The number of halogens is 2. The summed E-state index contributed by atoms with van der Waals surface area (Å²) in [7, 11) is 0. The van der Waals surface area contributed by atoms with Gasteiger partial charge in [-0.15, -0.1) is 11.3 Å². The van der Waals surface area contributed by atoms with Crippen molar-refractivity contribution in [2.24, 2.45) is 5.92 Å². The molecule has 1 heterocycles. The first-order chi connectivity index (χ1) is 8.16. The maximum Gasteiger partial charge on any atom is 0.107 e. The summed E-state index contributed by atoms with van der Waals surface area (Å²) in [6.45, 7) is 3.32. The van der Waals surface area contributed by atoms with Gasteiger partial charge < -0.3 is 5.32 Å². The normalized spacial score (nSPS) is 25.8. The summed E-state index contributed by atoms with van der Waals surface area (Å²) >= 11 is 11.2. The Bertz CT molecular complexity index is 347. The molecule has 96 valence electrons. The van der Waals surface area contributed by atoms with E-state index in [0.29, 0.717) is 6.04 Å². The molecule has 2 rings (SSSR count). The van der Waals surface area contributed by atoms with Crippen LogP contribution in [-0.4, -0.2) is 6.04 Å². The quantitative estimate of drug-likeness (QED) is 0.746. The molecule has 0 amide bonds. The van der Waals surface area contributed by atoms with Crippen LogP contribution in [0.3, 0.4) is 0 Å². The minimum atomic E-state index is 0.678. The van der Waals surface area contributed by atoms with E-state index >= 15 is 0 Å². The Morgan fingerprint density at radius 1 is 1.41 bits per heavy atom. The second-order valence-corrected chi connectivity index (χ2v) is 7.53. The maximum atomic E-state index is 6.05. The van der Waals surface area contributed by atoms with E-state index in [4.69, 9.17) is 11.6 Å². The van der Waals surface area contributed by atoms with Crippen molar-refractivity contribution in [3.05, 3.63) is 19.8 Å². The molecule has 1 fully saturated rings. The van der Waals surface area contributed by atoms with Crippen LogP contribution in [-0.2, 0) is 6.54 Å². The number of hydrogen-bond acceptors (Lipinski definition) is 2. The number of nitrogens with one attached hydrogen (secondary N) is 1. The first kappa shape index (κ1) is 13.9. The fourth-order valence-corrected chi connectivity index (χ4v) is 4.25. The van der Waals surface area contributed by atoms with Gasteiger partial charge in [0.05, 0.1) is 0 Å². The van der Waals surface area contributed by atoms with E-state index < -0.39 is 0 Å². The standard InChI is InChI=1S/C13H19BrClNS/c1-9-5-3-2-4-6-12(9)16-8-10-7-11(14)13(15)17-10/h7,9,12,16H,2-6,8H2,1H3. The van der Waals surface area contributed by atoms with Crippen molar-refractivity contribution in [2.75, 3.05) is 0 Å². The van der Waals surface area contributed by atoms with Gasteiger partial charge in [-0.3, -0.25) is 0 Å². The minimum absolute atomic E-state index is 0.678. The van der Waals surface area contributed by atoms with Crippen LogP contribution in [0.5, 0.6) is 0 Å². The average Bonchev–Trinajstić information content (AvgIpc) is 2.50. The van der Waals surface area contributed by atoms with Crippen LogP contribution in [0, 0.1) is 5.92 Å². The predicted molar refractivity (Wildman–Crippen MR) is 79.9 cm³/mol. The lowest BCUT2D eigenvalue weighted by molar-refractivity contribution is 0.357. The van der Waals surface area contributed by atoms with Gasteiger partial charge in [-0.2, -0.15) is 0 Å². The average molecular weight is 337 g/mol. The fourth-order valence-electron chi connectivity index (χ4n) is 2.51. The van der Waals surface area contributed by atoms with Crippen LogP contribution in [0.2, 0.25) is 4.34 Å². The van der Waals surface area contributed by atoms with Gasteiger partial charge >= 0.3 is 0 Å². The van der Waals surface area contributed by atoms with Gasteiger partial charge in [0, 0.05) is 21.9 Å². The number of hydrogen-bond donors (Lipinski definition) is 1. The summed E-state index contributed by atoms with van der Waals surface area (Å²) in [5.41, 5.74) is 0. The van der Waals surface area contributed by atoms with E-state index in [-0.39, 0.29) is 0 Å². The zero-order chi connectivity index (χ0) is 12.3. The monoisotopic (exact) mass is 335 g/mol. The third-order valence-electron chi connectivity index (χ3n) is 3.60. The van der Waals surface area contributed by atoms with E-state index in [0.717, 1.165) is 21.3 Å². The highest BCUT2D eigenvalue weighted by Gasteiger charge is 2.19. The topological polar surface area (TPSA) is 12.0 Å². The predicted octanol–water partition coefficient (Wildman–Crippen LogP) is 5.22. The van der Waals surface area contributed by atoms with Gasteiger partial charge in [0.1, 0.15) is 4.34 Å². The molecule has 1 aliphatic rings. The van der Waals surface area contributed by atoms with Crippen LogP contribution in [0.1, 0.15) is 43.9 Å². The molecular formula is C13H19BrClNS. The third kappa shape index (κ3) is 3.95. The first-order valence-electron chi connectivity index (χ1n) is 6.34. The molecule has 1 saturated carbocycles. The van der Waals surface area contributed by atoms with E-state index in [1.165, 1.54) is 37.0 Å². The summed E-state index contributed by atoms with van der Waals surface area (Å²) in [5, 5.41) is 3.70. The molecule has 2 unspecified atom stereocenters. The molecule has 0 spiro atoms. The molecule has 0 saturated heterocycles. The van der Waals surface area contributed by atoms with E-state index in [1.807, 2.05) is 0 Å². The highest BCUT2D eigenvalue weighted by atomic mass is 79.9. The molecule has 1 aliphatic carbocycles. The highest BCUT2D eigenvalue weighted by molar-refractivity contribution is 9.10. The Morgan fingerprint density at radius 3 is 2.88 bits per heavy atom. The van der Waals surface area contributed by atoms with Gasteiger partial charge in [-0.1, -0.05) is 37.8 Å². The number of thiophene rings is 1. The van der Waals surface area contributed by atoms with Gasteiger partial charge in [-0.05, 0) is 40.8 Å². The van der Waals surface area contributed by atoms with Crippen LogP contribution >= 0.6 is 38.9 Å². The van der Waals surface area contributed by atoms with Crippen LogP contribution in [0.4, 0.5) is 0 Å². The van der Waals surface area contributed by atoms with Gasteiger partial charge in [0.25, 0.3) is 0 Å². The van der Waals surface area contributed by atoms with Crippen molar-refractivity contribution in [1.82, 2.24) is 5.32 Å². The SMILES string of the molecule is CC1CCCCCC1NCc1cc(Br)c(Cl)s1. The van der Waals surface area contributed by atoms with Crippen LogP contribution < -0.4 is 5.32 Å². The third-order valence-corrected chi connectivity index (χ3v) is 6.07.